The van der Waals surface area contributed by atoms with Gasteiger partial charge in [-0.3, -0.25) is 9.59 Å². The quantitative estimate of drug-likeness (QED) is 0.344. The summed E-state index contributed by atoms with van der Waals surface area (Å²) >= 11 is 0. The highest BCUT2D eigenvalue weighted by atomic mass is 28.4. The van der Waals surface area contributed by atoms with Crippen LogP contribution in [0.3, 0.4) is 0 Å². The highest BCUT2D eigenvalue weighted by molar-refractivity contribution is 6.74. The summed E-state index contributed by atoms with van der Waals surface area (Å²) in [6.07, 6.45) is 3.78. The number of esters is 2. The molecule has 2 aliphatic heterocycles. The van der Waals surface area contributed by atoms with Crippen LogP contribution < -0.4 is 0 Å². The third-order valence-electron chi connectivity index (χ3n) is 5.31. The van der Waals surface area contributed by atoms with E-state index in [1.807, 2.05) is 0 Å². The minimum atomic E-state index is -1.94. The van der Waals surface area contributed by atoms with E-state index in [2.05, 4.69) is 33.9 Å². The van der Waals surface area contributed by atoms with Crippen LogP contribution in [0.15, 0.2) is 12.2 Å². The second-order valence-electron chi connectivity index (χ2n) is 7.67. The molecule has 3 aliphatic rings. The van der Waals surface area contributed by atoms with Crippen LogP contribution in [0.2, 0.25) is 18.1 Å². The first-order valence-corrected chi connectivity index (χ1v) is 10.6. The molecule has 0 aromatic rings. The van der Waals surface area contributed by atoms with E-state index >= 15 is 0 Å². The predicted octanol–water partition coefficient (Wildman–Crippen LogP) is 2.67. The number of rotatable bonds is 4. The zero-order chi connectivity index (χ0) is 16.8. The first-order chi connectivity index (χ1) is 10.0. The molecular formula is C16H26O5Si. The molecule has 3 rings (SSSR count). The van der Waals surface area contributed by atoms with Gasteiger partial charge in [0.15, 0.2) is 13.7 Å². The van der Waals surface area contributed by atoms with Crippen molar-refractivity contribution in [2.24, 2.45) is 11.3 Å². The molecule has 2 bridgehead atoms. The van der Waals surface area contributed by atoms with Crippen LogP contribution in [0.25, 0.3) is 0 Å². The lowest BCUT2D eigenvalue weighted by Gasteiger charge is -2.45. The van der Waals surface area contributed by atoms with Gasteiger partial charge in [-0.15, -0.1) is 0 Å². The average molecular weight is 326 g/mol. The molecule has 2 heterocycles. The van der Waals surface area contributed by atoms with Gasteiger partial charge in [0.1, 0.15) is 6.10 Å². The van der Waals surface area contributed by atoms with Crippen molar-refractivity contribution < 1.29 is 23.5 Å². The van der Waals surface area contributed by atoms with Crippen molar-refractivity contribution >= 4 is 20.3 Å². The molecule has 22 heavy (non-hydrogen) atoms. The molecule has 0 aromatic heterocycles. The maximum Gasteiger partial charge on any atom is 0.328 e. The summed E-state index contributed by atoms with van der Waals surface area (Å²) in [5.74, 6) is -1.30. The predicted molar refractivity (Wildman–Crippen MR) is 84.7 cm³/mol. The summed E-state index contributed by atoms with van der Waals surface area (Å²) in [6, 6.07) is 0. The van der Waals surface area contributed by atoms with Crippen LogP contribution in [0.1, 0.15) is 27.2 Å². The molecule has 0 radical (unpaired) electrons. The smallest absolute Gasteiger partial charge is 0.328 e. The summed E-state index contributed by atoms with van der Waals surface area (Å²) in [5, 5.41) is 0.0788. The highest BCUT2D eigenvalue weighted by Crippen LogP contribution is 2.46. The topological polar surface area (TPSA) is 61.8 Å². The molecule has 5 nitrogen and oxygen atoms in total. The number of hydrogen-bond donors (Lipinski definition) is 0. The Hall–Kier alpha value is -1.14. The molecule has 1 fully saturated rings. The first kappa shape index (κ1) is 17.2. The van der Waals surface area contributed by atoms with Gasteiger partial charge < -0.3 is 13.9 Å². The lowest BCUT2D eigenvalue weighted by molar-refractivity contribution is -0.185. The SMILES string of the molecule is COC(=O)[C@@]12C=C[C@@H](C[C@H]1CO[Si](C)(C)C(C)(C)C)OC2=O. The van der Waals surface area contributed by atoms with Crippen LogP contribution in [-0.4, -0.2) is 40.1 Å². The molecule has 0 saturated carbocycles. The lowest BCUT2D eigenvalue weighted by atomic mass is 9.67. The van der Waals surface area contributed by atoms with E-state index in [1.54, 1.807) is 12.2 Å². The number of carbonyl (C=O) groups excluding carboxylic acids is 2. The van der Waals surface area contributed by atoms with Gasteiger partial charge in [-0.25, -0.2) is 0 Å². The van der Waals surface area contributed by atoms with E-state index < -0.39 is 25.7 Å². The van der Waals surface area contributed by atoms with Gasteiger partial charge in [-0.2, -0.15) is 0 Å². The van der Waals surface area contributed by atoms with Crippen LogP contribution in [0.5, 0.6) is 0 Å². The Morgan fingerprint density at radius 3 is 2.59 bits per heavy atom. The summed E-state index contributed by atoms with van der Waals surface area (Å²) in [7, 11) is -0.648. The van der Waals surface area contributed by atoms with E-state index in [0.29, 0.717) is 13.0 Å². The van der Waals surface area contributed by atoms with Crippen molar-refractivity contribution in [2.75, 3.05) is 13.7 Å². The van der Waals surface area contributed by atoms with E-state index in [0.717, 1.165) is 0 Å². The molecule has 0 amide bonds. The maximum atomic E-state index is 12.3. The van der Waals surface area contributed by atoms with Gasteiger partial charge in [0.2, 0.25) is 0 Å². The molecule has 0 unspecified atom stereocenters. The van der Waals surface area contributed by atoms with Crippen molar-refractivity contribution in [1.29, 1.82) is 0 Å². The Bertz CT molecular complexity index is 505. The third kappa shape index (κ3) is 2.63. The number of carbonyl (C=O) groups is 2. The maximum absolute atomic E-state index is 12.3. The van der Waals surface area contributed by atoms with Crippen LogP contribution in [-0.2, 0) is 23.5 Å². The van der Waals surface area contributed by atoms with Crippen LogP contribution in [0, 0.1) is 11.3 Å². The molecule has 1 aliphatic carbocycles. The zero-order valence-corrected chi connectivity index (χ0v) is 15.3. The zero-order valence-electron chi connectivity index (χ0n) is 14.3. The van der Waals surface area contributed by atoms with Gasteiger partial charge in [-0.05, 0) is 30.6 Å². The fraction of sp³-hybridized carbons (Fsp3) is 0.750. The normalized spacial score (nSPS) is 31.1. The Labute approximate surface area is 133 Å². The molecular weight excluding hydrogens is 300 g/mol. The summed E-state index contributed by atoms with van der Waals surface area (Å²) in [6.45, 7) is 11.2. The second-order valence-corrected chi connectivity index (χ2v) is 12.5. The Morgan fingerprint density at radius 1 is 1.45 bits per heavy atom. The van der Waals surface area contributed by atoms with Gasteiger partial charge in [0, 0.05) is 12.5 Å². The molecule has 0 aromatic carbocycles. The van der Waals surface area contributed by atoms with Gasteiger partial charge in [-0.1, -0.05) is 26.8 Å². The minimum Gasteiger partial charge on any atom is -0.468 e. The largest absolute Gasteiger partial charge is 0.468 e. The highest BCUT2D eigenvalue weighted by Gasteiger charge is 2.59. The van der Waals surface area contributed by atoms with E-state index in [1.165, 1.54) is 7.11 Å². The number of fused-ring (bicyclic) bond motifs is 2. The molecule has 6 heteroatoms. The molecule has 124 valence electrons. The molecule has 0 N–H and O–H groups in total. The Morgan fingerprint density at radius 2 is 2.09 bits per heavy atom. The monoisotopic (exact) mass is 326 g/mol. The van der Waals surface area contributed by atoms with Crippen LogP contribution >= 0.6 is 0 Å². The van der Waals surface area contributed by atoms with Crippen molar-refractivity contribution in [3.05, 3.63) is 12.2 Å². The van der Waals surface area contributed by atoms with Gasteiger partial charge in [0.25, 0.3) is 0 Å². The van der Waals surface area contributed by atoms with Crippen LogP contribution in [0.4, 0.5) is 0 Å². The van der Waals surface area contributed by atoms with Crippen molar-refractivity contribution in [2.45, 2.75) is 51.4 Å². The third-order valence-corrected chi connectivity index (χ3v) is 9.81. The fourth-order valence-corrected chi connectivity index (χ4v) is 3.76. The van der Waals surface area contributed by atoms with E-state index in [9.17, 15) is 9.59 Å². The fourth-order valence-electron chi connectivity index (χ4n) is 2.71. The second kappa shape index (κ2) is 5.49. The summed E-state index contributed by atoms with van der Waals surface area (Å²) in [4.78, 5) is 24.6. The lowest BCUT2D eigenvalue weighted by Crippen LogP contribution is -2.57. The number of methoxy groups -OCH3 is 1. The number of hydrogen-bond acceptors (Lipinski definition) is 5. The standard InChI is InChI=1S/C16H26O5Si/c1-15(2,3)22(5,6)20-10-11-9-12-7-8-16(11,13(17)19-4)14(18)21-12/h7-8,11-12H,9-10H2,1-6H3/t11-,12-,16+/m0/s1. The minimum absolute atomic E-state index is 0.0788. The molecule has 3 atom stereocenters. The molecule has 1 saturated heterocycles. The Balaban J connectivity index is 2.22. The van der Waals surface area contributed by atoms with Gasteiger partial charge >= 0.3 is 11.9 Å². The van der Waals surface area contributed by atoms with E-state index in [4.69, 9.17) is 13.9 Å². The van der Waals surface area contributed by atoms with Crippen molar-refractivity contribution in [3.8, 4) is 0 Å². The Kier molecular flexibility index (Phi) is 4.30. The first-order valence-electron chi connectivity index (χ1n) is 7.67. The molecule has 0 spiro atoms. The summed E-state index contributed by atoms with van der Waals surface area (Å²) in [5.41, 5.74) is -1.34. The van der Waals surface area contributed by atoms with Gasteiger partial charge in [0.05, 0.1) is 7.11 Å². The van der Waals surface area contributed by atoms with Crippen molar-refractivity contribution in [1.82, 2.24) is 0 Å². The summed E-state index contributed by atoms with van der Waals surface area (Å²) < 4.78 is 16.4. The van der Waals surface area contributed by atoms with Crippen molar-refractivity contribution in [3.63, 3.8) is 0 Å². The average Bonchev–Trinajstić information content (AvgIpc) is 2.43. The van der Waals surface area contributed by atoms with E-state index in [-0.39, 0.29) is 17.1 Å². The number of ether oxygens (including phenoxy) is 2.